The molecule has 3 aromatic rings. The van der Waals surface area contributed by atoms with Gasteiger partial charge in [0.1, 0.15) is 23.1 Å². The zero-order chi connectivity index (χ0) is 19.6. The van der Waals surface area contributed by atoms with Gasteiger partial charge in [0.2, 0.25) is 5.88 Å². The Morgan fingerprint density at radius 3 is 2.48 bits per heavy atom. The van der Waals surface area contributed by atoms with Crippen molar-refractivity contribution in [3.8, 4) is 22.9 Å². The Bertz CT molecular complexity index is 984. The first-order valence-corrected chi connectivity index (χ1v) is 7.82. The van der Waals surface area contributed by atoms with Crippen LogP contribution in [0.1, 0.15) is 10.5 Å². The first-order chi connectivity index (χ1) is 12.9. The van der Waals surface area contributed by atoms with Gasteiger partial charge in [-0.25, -0.2) is 13.8 Å². The number of carbonyl (C=O) groups excluding carboxylic acids is 1. The molecule has 0 fully saturated rings. The fourth-order valence-electron chi connectivity index (χ4n) is 2.52. The van der Waals surface area contributed by atoms with E-state index in [4.69, 9.17) is 9.47 Å². The van der Waals surface area contributed by atoms with Crippen molar-refractivity contribution in [1.29, 1.82) is 0 Å². The lowest BCUT2D eigenvalue weighted by Crippen LogP contribution is -2.15. The van der Waals surface area contributed by atoms with Crippen molar-refractivity contribution < 1.29 is 23.0 Å². The normalized spacial score (nSPS) is 10.6. The molecule has 7 nitrogen and oxygen atoms in total. The highest BCUT2D eigenvalue weighted by Gasteiger charge is 2.19. The number of halogens is 2. The van der Waals surface area contributed by atoms with Crippen molar-refractivity contribution in [2.45, 2.75) is 0 Å². The Balaban J connectivity index is 1.94. The Morgan fingerprint density at radius 1 is 1.15 bits per heavy atom. The van der Waals surface area contributed by atoms with Crippen molar-refractivity contribution in [2.24, 2.45) is 7.05 Å². The fraction of sp³-hybridized carbons (Fsp3) is 0.167. The summed E-state index contributed by atoms with van der Waals surface area (Å²) in [5.74, 6) is -1.66. The zero-order valence-electron chi connectivity index (χ0n) is 14.8. The van der Waals surface area contributed by atoms with Gasteiger partial charge < -0.3 is 14.8 Å². The number of rotatable bonds is 5. The first-order valence-electron chi connectivity index (χ1n) is 7.82. The van der Waals surface area contributed by atoms with Crippen LogP contribution in [0.5, 0.6) is 11.6 Å². The van der Waals surface area contributed by atoms with Crippen molar-refractivity contribution in [2.75, 3.05) is 19.5 Å². The van der Waals surface area contributed by atoms with Crippen LogP contribution in [0, 0.1) is 11.6 Å². The van der Waals surface area contributed by atoms with Crippen molar-refractivity contribution in [3.63, 3.8) is 0 Å². The highest BCUT2D eigenvalue weighted by atomic mass is 19.1. The van der Waals surface area contributed by atoms with E-state index < -0.39 is 23.2 Å². The minimum absolute atomic E-state index is 0.0203. The van der Waals surface area contributed by atoms with Gasteiger partial charge in [-0.1, -0.05) is 6.07 Å². The molecule has 0 aliphatic heterocycles. The predicted molar refractivity (Wildman–Crippen MR) is 93.9 cm³/mol. The van der Waals surface area contributed by atoms with Crippen LogP contribution in [0.3, 0.4) is 0 Å². The monoisotopic (exact) mass is 374 g/mol. The van der Waals surface area contributed by atoms with E-state index in [2.05, 4.69) is 15.4 Å². The molecule has 27 heavy (non-hydrogen) atoms. The number of aromatic nitrogens is 3. The average molecular weight is 374 g/mol. The molecular weight excluding hydrogens is 358 g/mol. The minimum Gasteiger partial charge on any atom is -0.496 e. The highest BCUT2D eigenvalue weighted by molar-refractivity contribution is 6.03. The van der Waals surface area contributed by atoms with Crippen LogP contribution >= 0.6 is 0 Å². The largest absolute Gasteiger partial charge is 0.496 e. The van der Waals surface area contributed by atoms with Crippen molar-refractivity contribution in [3.05, 3.63) is 53.9 Å². The third-order valence-corrected chi connectivity index (χ3v) is 3.86. The third-order valence-electron chi connectivity index (χ3n) is 3.86. The van der Waals surface area contributed by atoms with Crippen LogP contribution in [0.4, 0.5) is 14.5 Å². The van der Waals surface area contributed by atoms with Crippen LogP contribution in [-0.4, -0.2) is 34.9 Å². The van der Waals surface area contributed by atoms with E-state index in [1.54, 1.807) is 13.1 Å². The van der Waals surface area contributed by atoms with E-state index in [9.17, 15) is 13.6 Å². The standard InChI is InChI=1S/C18H16F2N4O3/c1-24-14(10-9-21-16(27-3)8-15(10)26-2)7-13(23-24)18(25)22-17-11(19)5-4-6-12(17)20/h4-9H,1-3H3,(H,22,25). The molecule has 0 saturated carbocycles. The van der Waals surface area contributed by atoms with Crippen LogP contribution in [0.2, 0.25) is 0 Å². The minimum atomic E-state index is -0.875. The number of hydrogen-bond acceptors (Lipinski definition) is 5. The lowest BCUT2D eigenvalue weighted by Gasteiger charge is -2.09. The number of anilines is 1. The van der Waals surface area contributed by atoms with Gasteiger partial charge in [0.15, 0.2) is 5.69 Å². The number of nitrogens with one attached hydrogen (secondary N) is 1. The summed E-state index contributed by atoms with van der Waals surface area (Å²) in [6.07, 6.45) is 1.52. The van der Waals surface area contributed by atoms with Gasteiger partial charge >= 0.3 is 0 Å². The molecule has 1 N–H and O–H groups in total. The number of amides is 1. The summed E-state index contributed by atoms with van der Waals surface area (Å²) >= 11 is 0. The van der Waals surface area contributed by atoms with E-state index in [1.165, 1.54) is 37.2 Å². The number of hydrogen-bond donors (Lipinski definition) is 1. The van der Waals surface area contributed by atoms with Crippen LogP contribution in [-0.2, 0) is 7.05 Å². The molecule has 3 rings (SSSR count). The smallest absolute Gasteiger partial charge is 0.276 e. The average Bonchev–Trinajstić information content (AvgIpc) is 3.05. The summed E-state index contributed by atoms with van der Waals surface area (Å²) in [5, 5.41) is 6.31. The second kappa shape index (κ2) is 7.40. The predicted octanol–water partition coefficient (Wildman–Crippen LogP) is 3.03. The second-order valence-electron chi connectivity index (χ2n) is 5.52. The van der Waals surface area contributed by atoms with Gasteiger partial charge in [-0.15, -0.1) is 0 Å². The maximum atomic E-state index is 13.7. The lowest BCUT2D eigenvalue weighted by atomic mass is 10.1. The molecule has 0 bridgehead atoms. The van der Waals surface area contributed by atoms with Gasteiger partial charge in [-0.3, -0.25) is 9.48 Å². The summed E-state index contributed by atoms with van der Waals surface area (Å²) in [6, 6.07) is 6.38. The molecule has 9 heteroatoms. The molecule has 2 aromatic heterocycles. The molecule has 0 spiro atoms. The topological polar surface area (TPSA) is 78.3 Å². The van der Waals surface area contributed by atoms with E-state index in [-0.39, 0.29) is 5.69 Å². The van der Waals surface area contributed by atoms with Crippen LogP contribution in [0.25, 0.3) is 11.3 Å². The number of carbonyl (C=O) groups is 1. The molecule has 0 unspecified atom stereocenters. The highest BCUT2D eigenvalue weighted by Crippen LogP contribution is 2.32. The van der Waals surface area contributed by atoms with Crippen LogP contribution in [0.15, 0.2) is 36.5 Å². The summed E-state index contributed by atoms with van der Waals surface area (Å²) in [5.41, 5.74) is 0.553. The van der Waals surface area contributed by atoms with Crippen molar-refractivity contribution >= 4 is 11.6 Å². The molecule has 2 heterocycles. The number of para-hydroxylation sites is 1. The third kappa shape index (κ3) is 3.57. The number of benzene rings is 1. The number of nitrogens with zero attached hydrogens (tertiary/aromatic N) is 3. The number of ether oxygens (including phenoxy) is 2. The number of aryl methyl sites for hydroxylation is 1. The molecular formula is C18H16F2N4O3. The lowest BCUT2D eigenvalue weighted by molar-refractivity contribution is 0.102. The summed E-state index contributed by atoms with van der Waals surface area (Å²) in [7, 11) is 4.60. The van der Waals surface area contributed by atoms with E-state index in [0.29, 0.717) is 22.9 Å². The first kappa shape index (κ1) is 18.3. The fourth-order valence-corrected chi connectivity index (χ4v) is 2.52. The Labute approximate surface area is 153 Å². The second-order valence-corrected chi connectivity index (χ2v) is 5.52. The van der Waals surface area contributed by atoms with Gasteiger partial charge in [-0.2, -0.15) is 5.10 Å². The quantitative estimate of drug-likeness (QED) is 0.743. The molecule has 1 aromatic carbocycles. The molecule has 0 saturated heterocycles. The molecule has 140 valence electrons. The Morgan fingerprint density at radius 2 is 1.85 bits per heavy atom. The van der Waals surface area contributed by atoms with Crippen LogP contribution < -0.4 is 14.8 Å². The number of methoxy groups -OCH3 is 2. The van der Waals surface area contributed by atoms with Gasteiger partial charge in [-0.05, 0) is 18.2 Å². The number of pyridine rings is 1. The summed E-state index contributed by atoms with van der Waals surface area (Å²) in [4.78, 5) is 16.5. The maximum Gasteiger partial charge on any atom is 0.276 e. The Hall–Kier alpha value is -3.49. The molecule has 0 aliphatic carbocycles. The van der Waals surface area contributed by atoms with Crippen molar-refractivity contribution in [1.82, 2.24) is 14.8 Å². The van der Waals surface area contributed by atoms with Gasteiger partial charge in [0, 0.05) is 19.3 Å². The molecule has 0 radical (unpaired) electrons. The molecule has 1 amide bonds. The Kier molecular flexibility index (Phi) is 5.02. The van der Waals surface area contributed by atoms with Gasteiger partial charge in [0.25, 0.3) is 5.91 Å². The summed E-state index contributed by atoms with van der Waals surface area (Å²) < 4.78 is 39.3. The van der Waals surface area contributed by atoms with E-state index in [0.717, 1.165) is 12.1 Å². The summed E-state index contributed by atoms with van der Waals surface area (Å²) in [6.45, 7) is 0. The maximum absolute atomic E-state index is 13.7. The van der Waals surface area contributed by atoms with E-state index >= 15 is 0 Å². The SMILES string of the molecule is COc1cc(OC)c(-c2cc(C(=O)Nc3c(F)cccc3F)nn2C)cn1. The molecule has 0 aliphatic rings. The van der Waals surface area contributed by atoms with E-state index in [1.807, 2.05) is 0 Å². The van der Waals surface area contributed by atoms with Gasteiger partial charge in [0.05, 0.1) is 25.5 Å². The molecule has 0 atom stereocenters. The zero-order valence-corrected chi connectivity index (χ0v) is 14.8.